The van der Waals surface area contributed by atoms with E-state index in [-0.39, 0.29) is 34.5 Å². The number of allylic oxidation sites excluding steroid dienone is 2. The minimum atomic E-state index is -1.17. The molecular formula is C27H30F2N2O3. The van der Waals surface area contributed by atoms with Crippen molar-refractivity contribution in [3.63, 3.8) is 0 Å². The molecule has 5 nitrogen and oxygen atoms in total. The summed E-state index contributed by atoms with van der Waals surface area (Å²) in [6.07, 6.45) is 9.22. The lowest BCUT2D eigenvalue weighted by atomic mass is 9.81. The molecule has 3 heterocycles. The van der Waals surface area contributed by atoms with Crippen LogP contribution in [-0.2, 0) is 9.53 Å². The molecule has 1 aromatic rings. The van der Waals surface area contributed by atoms with Gasteiger partial charge in [0.25, 0.3) is 0 Å². The monoisotopic (exact) mass is 468 g/mol. The van der Waals surface area contributed by atoms with E-state index in [0.29, 0.717) is 19.8 Å². The molecule has 0 saturated carbocycles. The third-order valence-electron chi connectivity index (χ3n) is 7.47. The number of rotatable bonds is 5. The molecule has 0 radical (unpaired) electrons. The van der Waals surface area contributed by atoms with Gasteiger partial charge in [-0.2, -0.15) is 0 Å². The van der Waals surface area contributed by atoms with Gasteiger partial charge >= 0.3 is 5.97 Å². The highest BCUT2D eigenvalue weighted by atomic mass is 19.1. The summed E-state index contributed by atoms with van der Waals surface area (Å²) in [5.41, 5.74) is 3.35. The van der Waals surface area contributed by atoms with Crippen molar-refractivity contribution in [1.29, 1.82) is 0 Å². The topological polar surface area (TPSA) is 61.8 Å². The predicted molar refractivity (Wildman–Crippen MR) is 126 cm³/mol. The van der Waals surface area contributed by atoms with Gasteiger partial charge in [0.15, 0.2) is 0 Å². The molecule has 7 heteroatoms. The van der Waals surface area contributed by atoms with E-state index in [1.165, 1.54) is 23.8 Å². The second-order valence-corrected chi connectivity index (χ2v) is 10.4. The lowest BCUT2D eigenvalue weighted by Gasteiger charge is -2.48. The summed E-state index contributed by atoms with van der Waals surface area (Å²) in [4.78, 5) is 13.1. The van der Waals surface area contributed by atoms with Gasteiger partial charge in [-0.15, -0.1) is 0 Å². The molecule has 2 N–H and O–H groups in total. The SMILES string of the molecule is CC1C=CC=C2C3=C(NC21)C(c1c(F)cc(/C=C/C(=O)O)cc1F)N(CC1(C)COC1)C(C)C3. The molecule has 0 bridgehead atoms. The Morgan fingerprint density at radius 1 is 1.29 bits per heavy atom. The van der Waals surface area contributed by atoms with Crippen LogP contribution in [0, 0.1) is 23.0 Å². The van der Waals surface area contributed by atoms with Crippen molar-refractivity contribution in [2.75, 3.05) is 19.8 Å². The number of hydrogen-bond acceptors (Lipinski definition) is 4. The van der Waals surface area contributed by atoms with E-state index < -0.39 is 23.6 Å². The zero-order valence-corrected chi connectivity index (χ0v) is 19.6. The van der Waals surface area contributed by atoms with Gasteiger partial charge in [-0.3, -0.25) is 4.90 Å². The number of carboxylic acid groups (broad SMARTS) is 1. The molecule has 4 atom stereocenters. The quantitative estimate of drug-likeness (QED) is 0.619. The lowest BCUT2D eigenvalue weighted by molar-refractivity contribution is -0.131. The number of aliphatic carboxylic acids is 1. The number of benzene rings is 1. The van der Waals surface area contributed by atoms with Crippen LogP contribution in [0.3, 0.4) is 0 Å². The Bertz CT molecular complexity index is 1130. The number of ether oxygens (including phenoxy) is 1. The van der Waals surface area contributed by atoms with Crippen molar-refractivity contribution in [1.82, 2.24) is 10.2 Å². The number of fused-ring (bicyclic) bond motifs is 2. The second-order valence-electron chi connectivity index (χ2n) is 10.4. The van der Waals surface area contributed by atoms with E-state index in [1.54, 1.807) is 0 Å². The number of nitrogens with zero attached hydrogens (tertiary/aromatic N) is 1. The Morgan fingerprint density at radius 3 is 2.62 bits per heavy atom. The van der Waals surface area contributed by atoms with Crippen LogP contribution in [0.15, 0.2) is 53.3 Å². The highest BCUT2D eigenvalue weighted by Crippen LogP contribution is 2.48. The Hall–Kier alpha value is -2.77. The van der Waals surface area contributed by atoms with E-state index >= 15 is 8.78 Å². The molecule has 3 aliphatic heterocycles. The van der Waals surface area contributed by atoms with Crippen LogP contribution in [0.4, 0.5) is 8.78 Å². The molecule has 1 aromatic carbocycles. The van der Waals surface area contributed by atoms with Crippen LogP contribution < -0.4 is 5.32 Å². The van der Waals surface area contributed by atoms with Gasteiger partial charge in [-0.25, -0.2) is 13.6 Å². The molecule has 34 heavy (non-hydrogen) atoms. The predicted octanol–water partition coefficient (Wildman–Crippen LogP) is 4.59. The van der Waals surface area contributed by atoms with E-state index in [1.807, 2.05) is 0 Å². The first-order chi connectivity index (χ1) is 16.2. The maximum atomic E-state index is 15.6. The highest BCUT2D eigenvalue weighted by Gasteiger charge is 2.47. The standard InChI is InChI=1S/C27H30F2N2O3/c1-15-5-4-6-18-19-9-16(2)31(12-27(3)13-34-14-27)26(25(19)30-24(15)18)23-20(28)10-17(11-21(23)29)7-8-22(32)33/h4-8,10-11,15-16,24,26,30H,9,12-14H2,1-3H3,(H,32,33)/b8-7+. The van der Waals surface area contributed by atoms with Gasteiger partial charge in [-0.05, 0) is 54.2 Å². The van der Waals surface area contributed by atoms with Crippen molar-refractivity contribution in [2.45, 2.75) is 45.3 Å². The fraction of sp³-hybridized carbons (Fsp3) is 0.444. The van der Waals surface area contributed by atoms with Gasteiger partial charge in [0.1, 0.15) is 11.6 Å². The Labute approximate surface area is 198 Å². The number of carbonyl (C=O) groups is 1. The Balaban J connectivity index is 1.62. The van der Waals surface area contributed by atoms with Crippen LogP contribution in [0.1, 0.15) is 44.4 Å². The first-order valence-electron chi connectivity index (χ1n) is 11.8. The van der Waals surface area contributed by atoms with Crippen molar-refractivity contribution >= 4 is 12.0 Å². The van der Waals surface area contributed by atoms with Crippen molar-refractivity contribution in [3.8, 4) is 0 Å². The number of hydrogen-bond donors (Lipinski definition) is 2. The minimum absolute atomic E-state index is 0.00252. The minimum Gasteiger partial charge on any atom is -0.478 e. The zero-order valence-electron chi connectivity index (χ0n) is 19.6. The molecule has 1 aliphatic carbocycles. The third-order valence-corrected chi connectivity index (χ3v) is 7.47. The van der Waals surface area contributed by atoms with E-state index in [0.717, 1.165) is 23.8 Å². The normalized spacial score (nSPS) is 30.0. The summed E-state index contributed by atoms with van der Waals surface area (Å²) in [6.45, 7) is 8.33. The number of halogens is 2. The fourth-order valence-corrected chi connectivity index (χ4v) is 5.71. The summed E-state index contributed by atoms with van der Waals surface area (Å²) in [5.74, 6) is -2.25. The van der Waals surface area contributed by atoms with Gasteiger partial charge in [0.2, 0.25) is 0 Å². The van der Waals surface area contributed by atoms with E-state index in [4.69, 9.17) is 9.84 Å². The van der Waals surface area contributed by atoms with Gasteiger partial charge in [0, 0.05) is 35.3 Å². The molecule has 1 saturated heterocycles. The van der Waals surface area contributed by atoms with Crippen molar-refractivity contribution in [3.05, 3.63) is 76.0 Å². The zero-order chi connectivity index (χ0) is 24.2. The summed E-state index contributed by atoms with van der Waals surface area (Å²) < 4.78 is 36.7. The molecule has 4 unspecified atom stereocenters. The molecule has 1 fully saturated rings. The molecule has 5 rings (SSSR count). The second kappa shape index (κ2) is 8.47. The first kappa shape index (κ1) is 23.0. The van der Waals surface area contributed by atoms with Crippen LogP contribution in [0.5, 0.6) is 0 Å². The molecule has 0 spiro atoms. The Kier molecular flexibility index (Phi) is 5.73. The molecule has 180 valence electrons. The van der Waals surface area contributed by atoms with Crippen molar-refractivity contribution < 1.29 is 23.4 Å². The molecule has 4 aliphatic rings. The lowest BCUT2D eigenvalue weighted by Crippen LogP contribution is -2.54. The van der Waals surface area contributed by atoms with Gasteiger partial charge in [0.05, 0.1) is 25.3 Å². The summed E-state index contributed by atoms with van der Waals surface area (Å²) >= 11 is 0. The highest BCUT2D eigenvalue weighted by molar-refractivity contribution is 5.85. The molecule has 0 amide bonds. The molecule has 0 aromatic heterocycles. The maximum Gasteiger partial charge on any atom is 0.328 e. The van der Waals surface area contributed by atoms with E-state index in [9.17, 15) is 4.79 Å². The third kappa shape index (κ3) is 3.91. The van der Waals surface area contributed by atoms with Crippen LogP contribution in [0.25, 0.3) is 6.08 Å². The van der Waals surface area contributed by atoms with Crippen LogP contribution >= 0.6 is 0 Å². The average Bonchev–Trinajstić information content (AvgIpc) is 3.12. The van der Waals surface area contributed by atoms with Crippen LogP contribution in [0.2, 0.25) is 0 Å². The first-order valence-corrected chi connectivity index (χ1v) is 11.8. The summed E-state index contributed by atoms with van der Waals surface area (Å²) in [7, 11) is 0. The fourth-order valence-electron chi connectivity index (χ4n) is 5.71. The summed E-state index contributed by atoms with van der Waals surface area (Å²) in [5, 5.41) is 12.5. The Morgan fingerprint density at radius 2 is 2.00 bits per heavy atom. The van der Waals surface area contributed by atoms with Gasteiger partial charge in [-0.1, -0.05) is 32.1 Å². The van der Waals surface area contributed by atoms with E-state index in [2.05, 4.69) is 49.2 Å². The maximum absolute atomic E-state index is 15.6. The number of carboxylic acids is 1. The molecular weight excluding hydrogens is 438 g/mol. The average molecular weight is 469 g/mol. The van der Waals surface area contributed by atoms with Gasteiger partial charge < -0.3 is 15.2 Å². The number of nitrogens with one attached hydrogen (secondary N) is 1. The summed E-state index contributed by atoms with van der Waals surface area (Å²) in [6, 6.07) is 2.00. The smallest absolute Gasteiger partial charge is 0.328 e. The largest absolute Gasteiger partial charge is 0.478 e. The van der Waals surface area contributed by atoms with Crippen LogP contribution in [-0.4, -0.2) is 47.8 Å². The van der Waals surface area contributed by atoms with Crippen molar-refractivity contribution in [2.24, 2.45) is 11.3 Å².